The van der Waals surface area contributed by atoms with Crippen LogP contribution < -0.4 is 22.3 Å². The lowest BCUT2D eigenvalue weighted by Gasteiger charge is -2.19. The summed E-state index contributed by atoms with van der Waals surface area (Å²) in [5.41, 5.74) is 10.3. The summed E-state index contributed by atoms with van der Waals surface area (Å²) in [5.74, 6) is -3.19. The normalized spacial score (nSPS) is 11.7. The molecule has 0 saturated heterocycles. The Hall–Kier alpha value is -4.15. The smallest absolute Gasteiger partial charge is 0.343 e. The first-order chi connectivity index (χ1) is 16.4. The summed E-state index contributed by atoms with van der Waals surface area (Å²) in [5, 5.41) is 23.4. The number of aliphatic hydroxyl groups is 1. The second-order valence-corrected chi connectivity index (χ2v) is 8.29. The van der Waals surface area contributed by atoms with Crippen molar-refractivity contribution >= 4 is 35.1 Å². The van der Waals surface area contributed by atoms with Crippen molar-refractivity contribution < 1.29 is 24.6 Å². The van der Waals surface area contributed by atoms with E-state index in [9.17, 15) is 29.4 Å². The highest BCUT2D eigenvalue weighted by Crippen LogP contribution is 2.26. The number of carbonyl (C=O) groups is 3. The molecule has 0 spiro atoms. The van der Waals surface area contributed by atoms with Gasteiger partial charge >= 0.3 is 5.97 Å². The number of carboxylic acids is 1. The summed E-state index contributed by atoms with van der Waals surface area (Å²) in [4.78, 5) is 49.4. The fourth-order valence-corrected chi connectivity index (χ4v) is 4.15. The average Bonchev–Trinajstić information content (AvgIpc) is 2.77. The highest BCUT2D eigenvalue weighted by molar-refractivity contribution is 6.30. The van der Waals surface area contributed by atoms with Crippen molar-refractivity contribution in [3.05, 3.63) is 91.4 Å². The van der Waals surface area contributed by atoms with E-state index in [0.717, 1.165) is 4.57 Å². The van der Waals surface area contributed by atoms with Crippen molar-refractivity contribution in [2.75, 3.05) is 11.9 Å². The van der Waals surface area contributed by atoms with E-state index in [1.807, 2.05) is 0 Å². The molecule has 1 heterocycles. The minimum atomic E-state index is -1.54. The van der Waals surface area contributed by atoms with Gasteiger partial charge in [-0.05, 0) is 54.8 Å². The summed E-state index contributed by atoms with van der Waals surface area (Å²) in [6, 6.07) is 9.15. The first kappa shape index (κ1) is 25.5. The Morgan fingerprint density at radius 1 is 1.09 bits per heavy atom. The number of aromatic nitrogens is 1. The molecule has 1 aromatic heterocycles. The van der Waals surface area contributed by atoms with Gasteiger partial charge in [0.2, 0.25) is 5.91 Å². The SMILES string of the molecule is Cc1cc(C(N)=O)c(-n2ccc(NC[C@H](O)c3cccc(Cl)c3)c(C(=O)O)c2=O)c(C)c1C(N)=O. The van der Waals surface area contributed by atoms with Crippen LogP contribution in [0.2, 0.25) is 5.02 Å². The molecule has 0 fully saturated rings. The number of carbonyl (C=O) groups excluding carboxylic acids is 2. The second-order valence-electron chi connectivity index (χ2n) is 7.85. The monoisotopic (exact) mass is 498 g/mol. The molecule has 1 atom stereocenters. The Labute approximate surface area is 204 Å². The third-order valence-corrected chi connectivity index (χ3v) is 5.75. The van der Waals surface area contributed by atoms with E-state index in [1.165, 1.54) is 25.3 Å². The third-order valence-electron chi connectivity index (χ3n) is 5.52. The molecule has 7 N–H and O–H groups in total. The van der Waals surface area contributed by atoms with Crippen LogP contribution in [-0.4, -0.2) is 39.1 Å². The lowest BCUT2D eigenvalue weighted by Crippen LogP contribution is -2.30. The molecule has 0 aliphatic heterocycles. The molecule has 0 saturated carbocycles. The number of anilines is 1. The van der Waals surface area contributed by atoms with Crippen molar-refractivity contribution in [3.63, 3.8) is 0 Å². The molecular formula is C24H23ClN4O6. The van der Waals surface area contributed by atoms with Gasteiger partial charge in [-0.1, -0.05) is 23.7 Å². The molecule has 10 nitrogen and oxygen atoms in total. The molecule has 3 rings (SSSR count). The molecule has 2 amide bonds. The topological polar surface area (TPSA) is 178 Å². The van der Waals surface area contributed by atoms with Gasteiger partial charge in [0.25, 0.3) is 11.5 Å². The quantitative estimate of drug-likeness (QED) is 0.315. The molecule has 2 aromatic carbocycles. The number of halogens is 1. The minimum absolute atomic E-state index is 0.0464. The standard InChI is InChI=1S/C24H23ClN4O6/c1-11-8-15(21(26)31)20(12(2)18(11)22(27)32)29-7-6-16(19(23(29)33)24(34)35)28-10-17(30)13-4-3-5-14(25)9-13/h3-9,17,28,30H,10H2,1-2H3,(H2,26,31)(H2,27,32)(H,34,35)/t17-/m0/s1. The summed E-state index contributed by atoms with van der Waals surface area (Å²) >= 11 is 5.94. The number of primary amides is 2. The number of amides is 2. The molecule has 35 heavy (non-hydrogen) atoms. The van der Waals surface area contributed by atoms with Crippen LogP contribution in [0.5, 0.6) is 0 Å². The molecule has 0 bridgehead atoms. The van der Waals surface area contributed by atoms with Crippen LogP contribution in [0.4, 0.5) is 5.69 Å². The lowest BCUT2D eigenvalue weighted by molar-refractivity contribution is 0.0695. The van der Waals surface area contributed by atoms with E-state index in [2.05, 4.69) is 5.32 Å². The summed E-state index contributed by atoms with van der Waals surface area (Å²) < 4.78 is 0.934. The Morgan fingerprint density at radius 3 is 2.34 bits per heavy atom. The minimum Gasteiger partial charge on any atom is -0.477 e. The highest BCUT2D eigenvalue weighted by Gasteiger charge is 2.25. The Morgan fingerprint density at radius 2 is 1.77 bits per heavy atom. The zero-order chi connectivity index (χ0) is 26.0. The third kappa shape index (κ3) is 5.03. The number of pyridine rings is 1. The summed E-state index contributed by atoms with van der Waals surface area (Å²) in [6.45, 7) is 2.92. The maximum absolute atomic E-state index is 13.3. The maximum atomic E-state index is 13.3. The Bertz CT molecular complexity index is 1420. The lowest BCUT2D eigenvalue weighted by atomic mass is 9.95. The maximum Gasteiger partial charge on any atom is 0.343 e. The van der Waals surface area contributed by atoms with Crippen LogP contribution in [0, 0.1) is 13.8 Å². The highest BCUT2D eigenvalue weighted by atomic mass is 35.5. The van der Waals surface area contributed by atoms with Crippen molar-refractivity contribution in [3.8, 4) is 5.69 Å². The predicted molar refractivity (Wildman–Crippen MR) is 130 cm³/mol. The van der Waals surface area contributed by atoms with Crippen molar-refractivity contribution in [1.29, 1.82) is 0 Å². The number of rotatable bonds is 8. The van der Waals surface area contributed by atoms with E-state index >= 15 is 0 Å². The number of nitrogens with zero attached hydrogens (tertiary/aromatic N) is 1. The van der Waals surface area contributed by atoms with Crippen LogP contribution in [0.15, 0.2) is 47.4 Å². The van der Waals surface area contributed by atoms with E-state index in [4.69, 9.17) is 23.1 Å². The van der Waals surface area contributed by atoms with Crippen LogP contribution in [0.25, 0.3) is 5.69 Å². The summed E-state index contributed by atoms with van der Waals surface area (Å²) in [6.07, 6.45) is 0.203. The van der Waals surface area contributed by atoms with E-state index in [1.54, 1.807) is 31.2 Å². The first-order valence-electron chi connectivity index (χ1n) is 10.3. The summed E-state index contributed by atoms with van der Waals surface area (Å²) in [7, 11) is 0. The van der Waals surface area contributed by atoms with Crippen LogP contribution in [0.3, 0.4) is 0 Å². The number of carboxylic acid groups (broad SMARTS) is 1. The van der Waals surface area contributed by atoms with Crippen molar-refractivity contribution in [2.45, 2.75) is 20.0 Å². The number of aromatic carboxylic acids is 1. The van der Waals surface area contributed by atoms with Gasteiger partial charge in [0.05, 0.1) is 23.0 Å². The molecule has 0 unspecified atom stereocenters. The van der Waals surface area contributed by atoms with Crippen molar-refractivity contribution in [2.24, 2.45) is 11.5 Å². The number of benzene rings is 2. The molecule has 3 aromatic rings. The van der Waals surface area contributed by atoms with Gasteiger partial charge in [0, 0.05) is 23.3 Å². The molecular weight excluding hydrogens is 476 g/mol. The molecule has 0 aliphatic carbocycles. The van der Waals surface area contributed by atoms with E-state index < -0.39 is 35.0 Å². The fraction of sp³-hybridized carbons (Fsp3) is 0.167. The molecule has 11 heteroatoms. The zero-order valence-electron chi connectivity index (χ0n) is 18.8. The van der Waals surface area contributed by atoms with Gasteiger partial charge < -0.3 is 27.0 Å². The van der Waals surface area contributed by atoms with Crippen LogP contribution >= 0.6 is 11.6 Å². The van der Waals surface area contributed by atoms with Gasteiger partial charge in [-0.2, -0.15) is 0 Å². The van der Waals surface area contributed by atoms with Crippen LogP contribution in [-0.2, 0) is 0 Å². The fourth-order valence-electron chi connectivity index (χ4n) is 3.95. The first-order valence-corrected chi connectivity index (χ1v) is 10.7. The Balaban J connectivity index is 2.12. The van der Waals surface area contributed by atoms with Crippen molar-refractivity contribution in [1.82, 2.24) is 4.57 Å². The second kappa shape index (κ2) is 10.00. The van der Waals surface area contributed by atoms with E-state index in [0.29, 0.717) is 16.1 Å². The van der Waals surface area contributed by atoms with Crippen LogP contribution in [0.1, 0.15) is 53.9 Å². The number of aliphatic hydroxyl groups excluding tert-OH is 1. The number of hydrogen-bond acceptors (Lipinski definition) is 6. The number of nitrogens with two attached hydrogens (primary N) is 2. The van der Waals surface area contributed by atoms with Gasteiger partial charge in [0.15, 0.2) is 0 Å². The van der Waals surface area contributed by atoms with Gasteiger partial charge in [-0.15, -0.1) is 0 Å². The molecule has 0 radical (unpaired) electrons. The van der Waals surface area contributed by atoms with E-state index in [-0.39, 0.29) is 34.6 Å². The van der Waals surface area contributed by atoms with Gasteiger partial charge in [0.1, 0.15) is 5.56 Å². The average molecular weight is 499 g/mol. The molecule has 182 valence electrons. The Kier molecular flexibility index (Phi) is 7.28. The number of aryl methyl sites for hydroxylation is 1. The van der Waals surface area contributed by atoms with Gasteiger partial charge in [-0.25, -0.2) is 4.79 Å². The number of nitrogens with one attached hydrogen (secondary N) is 1. The molecule has 0 aliphatic rings. The predicted octanol–water partition coefficient (Wildman–Crippen LogP) is 2.15. The zero-order valence-corrected chi connectivity index (χ0v) is 19.6. The van der Waals surface area contributed by atoms with Gasteiger partial charge in [-0.3, -0.25) is 19.0 Å². The number of hydrogen-bond donors (Lipinski definition) is 5. The largest absolute Gasteiger partial charge is 0.477 e.